The zero-order valence-corrected chi connectivity index (χ0v) is 13.1. The maximum atomic E-state index is 12.2. The van der Waals surface area contributed by atoms with E-state index in [0.717, 1.165) is 18.4 Å². The van der Waals surface area contributed by atoms with Crippen LogP contribution >= 0.6 is 0 Å². The maximum absolute atomic E-state index is 12.2. The van der Waals surface area contributed by atoms with E-state index < -0.39 is 12.0 Å². The first kappa shape index (κ1) is 16.3. The number of aliphatic carboxylic acids is 1. The van der Waals surface area contributed by atoms with Crippen molar-refractivity contribution in [3.05, 3.63) is 29.8 Å². The van der Waals surface area contributed by atoms with Crippen molar-refractivity contribution in [1.29, 1.82) is 0 Å². The van der Waals surface area contributed by atoms with Gasteiger partial charge in [-0.2, -0.15) is 0 Å². The van der Waals surface area contributed by atoms with Gasteiger partial charge in [-0.3, -0.25) is 4.79 Å². The molecule has 120 valence electrons. The molecule has 0 radical (unpaired) electrons. The predicted octanol–water partition coefficient (Wildman–Crippen LogP) is 2.65. The van der Waals surface area contributed by atoms with E-state index in [4.69, 9.17) is 4.74 Å². The molecule has 0 saturated carbocycles. The van der Waals surface area contributed by atoms with Crippen molar-refractivity contribution in [1.82, 2.24) is 4.90 Å². The van der Waals surface area contributed by atoms with Crippen LogP contribution in [0.15, 0.2) is 24.3 Å². The standard InChI is InChI=1S/C17H23NO4/c1-12(2)13-6-5-7-14(10-13)22-11-16(19)18-9-4-3-8-15(18)17(20)21/h5-7,10,12,15H,3-4,8-9,11H2,1-2H3,(H,20,21)/t15-/m1/s1. The number of carbonyl (C=O) groups is 2. The van der Waals surface area contributed by atoms with Crippen molar-refractivity contribution in [2.24, 2.45) is 0 Å². The first-order valence-corrected chi connectivity index (χ1v) is 7.74. The van der Waals surface area contributed by atoms with E-state index in [1.54, 1.807) is 0 Å². The Morgan fingerprint density at radius 3 is 2.82 bits per heavy atom. The second-order valence-corrected chi connectivity index (χ2v) is 5.95. The van der Waals surface area contributed by atoms with Crippen LogP contribution in [-0.2, 0) is 9.59 Å². The second-order valence-electron chi connectivity index (χ2n) is 5.95. The molecule has 0 bridgehead atoms. The summed E-state index contributed by atoms with van der Waals surface area (Å²) in [6.45, 7) is 4.56. The molecule has 1 atom stereocenters. The molecule has 1 saturated heterocycles. The maximum Gasteiger partial charge on any atom is 0.326 e. The van der Waals surface area contributed by atoms with Gasteiger partial charge in [0.2, 0.25) is 0 Å². The smallest absolute Gasteiger partial charge is 0.326 e. The molecule has 1 N–H and O–H groups in total. The molecule has 5 nitrogen and oxygen atoms in total. The van der Waals surface area contributed by atoms with Crippen molar-refractivity contribution in [3.8, 4) is 5.75 Å². The molecule has 1 fully saturated rings. The minimum absolute atomic E-state index is 0.120. The van der Waals surface area contributed by atoms with E-state index in [1.165, 1.54) is 4.90 Å². The minimum atomic E-state index is -0.935. The van der Waals surface area contributed by atoms with Gasteiger partial charge in [-0.15, -0.1) is 0 Å². The highest BCUT2D eigenvalue weighted by molar-refractivity contribution is 5.84. The van der Waals surface area contributed by atoms with Crippen LogP contribution in [0.1, 0.15) is 44.6 Å². The molecule has 1 amide bonds. The average Bonchev–Trinajstić information content (AvgIpc) is 2.52. The highest BCUT2D eigenvalue weighted by atomic mass is 16.5. The predicted molar refractivity (Wildman–Crippen MR) is 83.0 cm³/mol. The Morgan fingerprint density at radius 2 is 2.14 bits per heavy atom. The van der Waals surface area contributed by atoms with E-state index in [-0.39, 0.29) is 12.5 Å². The van der Waals surface area contributed by atoms with Crippen LogP contribution in [-0.4, -0.2) is 41.1 Å². The number of benzene rings is 1. The number of carboxylic acids is 1. The number of rotatable bonds is 5. The third-order valence-corrected chi connectivity index (χ3v) is 4.00. The number of hydrogen-bond donors (Lipinski definition) is 1. The van der Waals surface area contributed by atoms with Crippen molar-refractivity contribution in [2.45, 2.75) is 45.1 Å². The highest BCUT2D eigenvalue weighted by Crippen LogP contribution is 2.21. The van der Waals surface area contributed by atoms with Gasteiger partial charge in [0.05, 0.1) is 0 Å². The van der Waals surface area contributed by atoms with Gasteiger partial charge >= 0.3 is 5.97 Å². The summed E-state index contributed by atoms with van der Waals surface area (Å²) in [5.41, 5.74) is 1.14. The van der Waals surface area contributed by atoms with Gasteiger partial charge < -0.3 is 14.7 Å². The zero-order valence-electron chi connectivity index (χ0n) is 13.1. The SMILES string of the molecule is CC(C)c1cccc(OCC(=O)N2CCCC[C@@H]2C(=O)O)c1. The largest absolute Gasteiger partial charge is 0.484 e. The Balaban J connectivity index is 1.97. The molecule has 0 aromatic heterocycles. The van der Waals surface area contributed by atoms with Crippen LogP contribution in [0.2, 0.25) is 0 Å². The second kappa shape index (κ2) is 7.29. The summed E-state index contributed by atoms with van der Waals surface area (Å²) in [5.74, 6) is -0.168. The van der Waals surface area contributed by atoms with Gasteiger partial charge in [-0.25, -0.2) is 4.79 Å². The summed E-state index contributed by atoms with van der Waals surface area (Å²) in [5, 5.41) is 9.21. The fraction of sp³-hybridized carbons (Fsp3) is 0.529. The van der Waals surface area contributed by atoms with Crippen molar-refractivity contribution in [3.63, 3.8) is 0 Å². The van der Waals surface area contributed by atoms with Crippen LogP contribution < -0.4 is 4.74 Å². The summed E-state index contributed by atoms with van der Waals surface area (Å²) in [4.78, 5) is 24.9. The Kier molecular flexibility index (Phi) is 5.41. The molecule has 2 rings (SSSR count). The van der Waals surface area contributed by atoms with Gasteiger partial charge in [0, 0.05) is 6.54 Å². The number of carbonyl (C=O) groups excluding carboxylic acids is 1. The van der Waals surface area contributed by atoms with Gasteiger partial charge in [-0.05, 0) is 42.9 Å². The van der Waals surface area contributed by atoms with Gasteiger partial charge in [0.25, 0.3) is 5.91 Å². The molecule has 1 aromatic carbocycles. The first-order chi connectivity index (χ1) is 10.5. The number of carboxylic acid groups (broad SMARTS) is 1. The first-order valence-electron chi connectivity index (χ1n) is 7.74. The van der Waals surface area contributed by atoms with Gasteiger partial charge in [0.1, 0.15) is 11.8 Å². The van der Waals surface area contributed by atoms with E-state index in [1.807, 2.05) is 24.3 Å². The van der Waals surface area contributed by atoms with Crippen LogP contribution in [0.25, 0.3) is 0 Å². The highest BCUT2D eigenvalue weighted by Gasteiger charge is 2.31. The van der Waals surface area contributed by atoms with Crippen molar-refractivity contribution >= 4 is 11.9 Å². The number of likely N-dealkylation sites (tertiary alicyclic amines) is 1. The van der Waals surface area contributed by atoms with Gasteiger partial charge in [-0.1, -0.05) is 26.0 Å². The van der Waals surface area contributed by atoms with E-state index >= 15 is 0 Å². The lowest BCUT2D eigenvalue weighted by molar-refractivity contribution is -0.152. The summed E-state index contributed by atoms with van der Waals surface area (Å²) in [6.07, 6.45) is 2.21. The zero-order chi connectivity index (χ0) is 16.1. The number of amides is 1. The van der Waals surface area contributed by atoms with E-state index in [0.29, 0.717) is 24.6 Å². The molecule has 5 heteroatoms. The quantitative estimate of drug-likeness (QED) is 0.908. The Hall–Kier alpha value is -2.04. The molecule has 1 aliphatic rings. The number of ether oxygens (including phenoxy) is 1. The van der Waals surface area contributed by atoms with E-state index in [2.05, 4.69) is 13.8 Å². The fourth-order valence-electron chi connectivity index (χ4n) is 2.68. The molecule has 1 aromatic rings. The third kappa shape index (κ3) is 4.00. The van der Waals surface area contributed by atoms with Gasteiger partial charge in [0.15, 0.2) is 6.61 Å². The molecule has 0 aliphatic carbocycles. The minimum Gasteiger partial charge on any atom is -0.484 e. The molecular weight excluding hydrogens is 282 g/mol. The molecule has 0 spiro atoms. The third-order valence-electron chi connectivity index (χ3n) is 4.00. The molecule has 1 heterocycles. The van der Waals surface area contributed by atoms with Crippen LogP contribution in [0.4, 0.5) is 0 Å². The van der Waals surface area contributed by atoms with E-state index in [9.17, 15) is 14.7 Å². The lowest BCUT2D eigenvalue weighted by Crippen LogP contribution is -2.49. The summed E-state index contributed by atoms with van der Waals surface area (Å²) in [6, 6.07) is 6.93. The fourth-order valence-corrected chi connectivity index (χ4v) is 2.68. The number of hydrogen-bond acceptors (Lipinski definition) is 3. The molecule has 0 unspecified atom stereocenters. The normalized spacial score (nSPS) is 18.3. The van der Waals surface area contributed by atoms with Crippen LogP contribution in [0.5, 0.6) is 5.75 Å². The Morgan fingerprint density at radius 1 is 1.36 bits per heavy atom. The summed E-state index contributed by atoms with van der Waals surface area (Å²) in [7, 11) is 0. The van der Waals surface area contributed by atoms with Crippen LogP contribution in [0.3, 0.4) is 0 Å². The lowest BCUT2D eigenvalue weighted by atomic mass is 10.0. The summed E-state index contributed by atoms with van der Waals surface area (Å²) >= 11 is 0. The number of piperidine rings is 1. The summed E-state index contributed by atoms with van der Waals surface area (Å²) < 4.78 is 5.56. The monoisotopic (exact) mass is 305 g/mol. The van der Waals surface area contributed by atoms with Crippen LogP contribution in [0, 0.1) is 0 Å². The topological polar surface area (TPSA) is 66.8 Å². The number of nitrogens with zero attached hydrogens (tertiary/aromatic N) is 1. The average molecular weight is 305 g/mol. The van der Waals surface area contributed by atoms with Crippen molar-refractivity contribution < 1.29 is 19.4 Å². The molecule has 22 heavy (non-hydrogen) atoms. The molecular formula is C17H23NO4. The van der Waals surface area contributed by atoms with Crippen molar-refractivity contribution in [2.75, 3.05) is 13.2 Å². The lowest BCUT2D eigenvalue weighted by Gasteiger charge is -2.32. The Labute approximate surface area is 130 Å². The Bertz CT molecular complexity index is 541. The molecule has 1 aliphatic heterocycles.